The number of rotatable bonds is 6. The lowest BCUT2D eigenvalue weighted by atomic mass is 10.2. The van der Waals surface area contributed by atoms with Gasteiger partial charge in [0.25, 0.3) is 0 Å². The molecule has 0 amide bonds. The minimum atomic E-state index is -4.29. The van der Waals surface area contributed by atoms with E-state index < -0.39 is 7.82 Å². The monoisotopic (exact) mass is 372 g/mol. The van der Waals surface area contributed by atoms with Crippen LogP contribution in [0.4, 0.5) is 0 Å². The molecule has 0 saturated heterocycles. The van der Waals surface area contributed by atoms with Crippen LogP contribution in [-0.2, 0) is 4.57 Å². The van der Waals surface area contributed by atoms with Crippen LogP contribution in [0.3, 0.4) is 0 Å². The lowest BCUT2D eigenvalue weighted by Gasteiger charge is -2.20. The summed E-state index contributed by atoms with van der Waals surface area (Å²) in [6.07, 6.45) is 0. The Morgan fingerprint density at radius 2 is 1.04 bits per heavy atom. The minimum absolute atomic E-state index is 0.0696. The van der Waals surface area contributed by atoms with Gasteiger partial charge >= 0.3 is 7.82 Å². The number of para-hydroxylation sites is 5. The summed E-state index contributed by atoms with van der Waals surface area (Å²) in [6.45, 7) is 1.78. The van der Waals surface area contributed by atoms with Crippen molar-refractivity contribution in [1.29, 1.82) is 0 Å². The summed E-state index contributed by atoms with van der Waals surface area (Å²) >= 11 is 0. The number of hydrogen-bond donors (Lipinski definition) is 2. The maximum absolute atomic E-state index is 13.3. The molecule has 6 nitrogen and oxygen atoms in total. The molecule has 3 aromatic rings. The molecule has 0 radical (unpaired) electrons. The third-order valence-corrected chi connectivity index (χ3v) is 4.72. The zero-order valence-corrected chi connectivity index (χ0v) is 14.8. The molecule has 0 bridgehead atoms. The van der Waals surface area contributed by atoms with Gasteiger partial charge < -0.3 is 23.8 Å². The van der Waals surface area contributed by atoms with Crippen LogP contribution in [0.2, 0.25) is 0 Å². The SMILES string of the molecule is Cc1ccccc1OP(=O)(Oc1ccccc1O)Oc1ccccc1O. The van der Waals surface area contributed by atoms with Crippen molar-refractivity contribution in [3.63, 3.8) is 0 Å². The van der Waals surface area contributed by atoms with Gasteiger partial charge in [-0.2, -0.15) is 4.57 Å². The summed E-state index contributed by atoms with van der Waals surface area (Å²) in [4.78, 5) is 0. The van der Waals surface area contributed by atoms with E-state index in [2.05, 4.69) is 0 Å². The Morgan fingerprint density at radius 1 is 0.654 bits per heavy atom. The third-order valence-electron chi connectivity index (χ3n) is 3.45. The van der Waals surface area contributed by atoms with E-state index >= 15 is 0 Å². The normalized spacial score (nSPS) is 11.0. The van der Waals surface area contributed by atoms with Crippen molar-refractivity contribution in [3.05, 3.63) is 78.4 Å². The summed E-state index contributed by atoms with van der Waals surface area (Å²) in [6, 6.07) is 18.9. The number of phenols is 2. The maximum atomic E-state index is 13.3. The van der Waals surface area contributed by atoms with Crippen LogP contribution in [0.25, 0.3) is 0 Å². The average molecular weight is 372 g/mol. The van der Waals surface area contributed by atoms with Crippen molar-refractivity contribution in [2.24, 2.45) is 0 Å². The van der Waals surface area contributed by atoms with Crippen molar-refractivity contribution >= 4 is 7.82 Å². The van der Waals surface area contributed by atoms with Crippen LogP contribution in [0.15, 0.2) is 72.8 Å². The number of phosphoric acid groups is 1. The van der Waals surface area contributed by atoms with E-state index in [0.717, 1.165) is 5.56 Å². The van der Waals surface area contributed by atoms with E-state index in [1.54, 1.807) is 55.5 Å². The van der Waals surface area contributed by atoms with Crippen LogP contribution in [-0.4, -0.2) is 10.2 Å². The first kappa shape index (κ1) is 17.7. The molecule has 3 aromatic carbocycles. The molecule has 26 heavy (non-hydrogen) atoms. The van der Waals surface area contributed by atoms with Gasteiger partial charge in [-0.05, 0) is 42.8 Å². The molecule has 2 N–H and O–H groups in total. The molecule has 0 fully saturated rings. The molecule has 0 spiro atoms. The Hall–Kier alpha value is -3.11. The molecule has 134 valence electrons. The van der Waals surface area contributed by atoms with Gasteiger partial charge in [-0.3, -0.25) is 0 Å². The largest absolute Gasteiger partial charge is 0.647 e. The second kappa shape index (κ2) is 7.42. The van der Waals surface area contributed by atoms with Crippen LogP contribution in [0, 0.1) is 6.92 Å². The quantitative estimate of drug-likeness (QED) is 0.589. The highest BCUT2D eigenvalue weighted by Crippen LogP contribution is 2.53. The van der Waals surface area contributed by atoms with E-state index in [4.69, 9.17) is 13.6 Å². The molecule has 0 unspecified atom stereocenters. The first-order valence-corrected chi connectivity index (χ1v) is 9.23. The maximum Gasteiger partial charge on any atom is 0.647 e. The van der Waals surface area contributed by atoms with Crippen LogP contribution < -0.4 is 13.6 Å². The molecule has 3 rings (SSSR count). The van der Waals surface area contributed by atoms with E-state index in [1.807, 2.05) is 0 Å². The highest BCUT2D eigenvalue weighted by atomic mass is 31.2. The molecule has 0 atom stereocenters. The molecule has 0 aliphatic rings. The van der Waals surface area contributed by atoms with E-state index in [-0.39, 0.29) is 23.0 Å². The molecule has 0 saturated carbocycles. The number of aromatic hydroxyl groups is 2. The molecule has 0 aliphatic heterocycles. The molecule has 7 heteroatoms. The topological polar surface area (TPSA) is 85.2 Å². The lowest BCUT2D eigenvalue weighted by Crippen LogP contribution is -2.08. The fourth-order valence-corrected chi connectivity index (χ4v) is 3.49. The van der Waals surface area contributed by atoms with Crippen LogP contribution >= 0.6 is 7.82 Å². The zero-order chi connectivity index (χ0) is 18.6. The van der Waals surface area contributed by atoms with E-state index in [9.17, 15) is 14.8 Å². The molecule has 0 aromatic heterocycles. The van der Waals surface area contributed by atoms with Gasteiger partial charge in [0.2, 0.25) is 0 Å². The summed E-state index contributed by atoms with van der Waals surface area (Å²) in [7, 11) is -4.29. The Labute approximate surface area is 150 Å². The first-order chi connectivity index (χ1) is 12.5. The Balaban J connectivity index is 1.97. The molecule has 0 aliphatic carbocycles. The van der Waals surface area contributed by atoms with Gasteiger partial charge in [0.15, 0.2) is 23.0 Å². The van der Waals surface area contributed by atoms with Crippen molar-refractivity contribution < 1.29 is 28.3 Å². The number of hydrogen-bond acceptors (Lipinski definition) is 6. The predicted octanol–water partition coefficient (Wildman–Crippen LogP) is 5.05. The van der Waals surface area contributed by atoms with Crippen molar-refractivity contribution in [2.45, 2.75) is 6.92 Å². The van der Waals surface area contributed by atoms with Gasteiger partial charge in [0.05, 0.1) is 0 Å². The average Bonchev–Trinajstić information content (AvgIpc) is 2.61. The second-order valence-electron chi connectivity index (χ2n) is 5.42. The van der Waals surface area contributed by atoms with Crippen molar-refractivity contribution in [2.75, 3.05) is 0 Å². The fraction of sp³-hybridized carbons (Fsp3) is 0.0526. The summed E-state index contributed by atoms with van der Waals surface area (Å²) in [5.41, 5.74) is 0.717. The Morgan fingerprint density at radius 3 is 1.50 bits per heavy atom. The van der Waals surface area contributed by atoms with E-state index in [1.165, 1.54) is 24.3 Å². The Bertz CT molecular complexity index is 834. The summed E-state index contributed by atoms with van der Waals surface area (Å²) in [5.74, 6) is -0.287. The van der Waals surface area contributed by atoms with Gasteiger partial charge in [0.1, 0.15) is 5.75 Å². The number of aryl methyl sites for hydroxylation is 1. The predicted molar refractivity (Wildman–Crippen MR) is 96.9 cm³/mol. The standard InChI is InChI=1S/C19H17O6P/c1-14-8-2-5-11-17(14)23-26(22,24-18-12-6-3-9-15(18)20)25-19-13-7-4-10-16(19)21/h2-13,20-21H,1H3. The lowest BCUT2D eigenvalue weighted by molar-refractivity contribution is 0.286. The highest BCUT2D eigenvalue weighted by Gasteiger charge is 2.35. The van der Waals surface area contributed by atoms with Crippen molar-refractivity contribution in [1.82, 2.24) is 0 Å². The summed E-state index contributed by atoms with van der Waals surface area (Å²) < 4.78 is 29.6. The van der Waals surface area contributed by atoms with Crippen molar-refractivity contribution in [3.8, 4) is 28.7 Å². The number of phenolic OH excluding ortho intramolecular Hbond substituents is 2. The highest BCUT2D eigenvalue weighted by molar-refractivity contribution is 7.49. The number of benzene rings is 3. The third kappa shape index (κ3) is 4.10. The summed E-state index contributed by atoms with van der Waals surface area (Å²) in [5, 5.41) is 19.8. The van der Waals surface area contributed by atoms with Gasteiger partial charge in [-0.25, -0.2) is 0 Å². The zero-order valence-electron chi connectivity index (χ0n) is 13.9. The number of phosphoric ester groups is 1. The fourth-order valence-electron chi connectivity index (χ4n) is 2.14. The van der Waals surface area contributed by atoms with Gasteiger partial charge in [-0.1, -0.05) is 42.5 Å². The minimum Gasteiger partial charge on any atom is -0.504 e. The van der Waals surface area contributed by atoms with Crippen LogP contribution in [0.5, 0.6) is 28.7 Å². The molecular formula is C19H17O6P. The smallest absolute Gasteiger partial charge is 0.504 e. The van der Waals surface area contributed by atoms with E-state index in [0.29, 0.717) is 5.75 Å². The molecular weight excluding hydrogens is 355 g/mol. The van der Waals surface area contributed by atoms with Gasteiger partial charge in [0, 0.05) is 0 Å². The van der Waals surface area contributed by atoms with Crippen LogP contribution in [0.1, 0.15) is 5.56 Å². The second-order valence-corrected chi connectivity index (χ2v) is 6.86. The van der Waals surface area contributed by atoms with Gasteiger partial charge in [-0.15, -0.1) is 0 Å². The Kier molecular flexibility index (Phi) is 5.05. The molecule has 0 heterocycles. The first-order valence-electron chi connectivity index (χ1n) is 7.77.